The van der Waals surface area contributed by atoms with Gasteiger partial charge in [-0.1, -0.05) is 37.3 Å². The number of morpholine rings is 1. The van der Waals surface area contributed by atoms with E-state index in [0.717, 1.165) is 19.5 Å². The van der Waals surface area contributed by atoms with E-state index in [2.05, 4.69) is 17.0 Å². The van der Waals surface area contributed by atoms with Crippen molar-refractivity contribution in [3.8, 4) is 0 Å². The van der Waals surface area contributed by atoms with Gasteiger partial charge in [-0.3, -0.25) is 9.69 Å². The normalized spacial score (nSPS) is 19.5. The fourth-order valence-corrected chi connectivity index (χ4v) is 3.02. The van der Waals surface area contributed by atoms with Gasteiger partial charge in [0.15, 0.2) is 12.4 Å². The summed E-state index contributed by atoms with van der Waals surface area (Å²) < 4.78 is 10.4. The molecule has 1 aliphatic rings. The Labute approximate surface area is 136 Å². The maximum Gasteiger partial charge on any atom is 0.405 e. The lowest BCUT2D eigenvalue weighted by Gasteiger charge is -2.39. The standard InChI is InChI=1S/C17H24N2O4/c1-13(16(12-20)23-17(18)21)15(19-7-9-22-10-8-19)11-14-5-3-2-4-6-14/h2-6,12-13,15-16H,7-11H2,1H3,(H2,18,21)/t13?,15?,16-/m1/s1. The fourth-order valence-electron chi connectivity index (χ4n) is 3.02. The average molecular weight is 320 g/mol. The van der Waals surface area contributed by atoms with Crippen LogP contribution in [0.2, 0.25) is 0 Å². The molecule has 0 saturated carbocycles. The molecule has 0 radical (unpaired) electrons. The molecule has 1 aliphatic heterocycles. The smallest absolute Gasteiger partial charge is 0.405 e. The molecule has 1 heterocycles. The Kier molecular flexibility index (Phi) is 6.55. The predicted octanol–water partition coefficient (Wildman–Crippen LogP) is 1.23. The summed E-state index contributed by atoms with van der Waals surface area (Å²) in [6, 6.07) is 10.1. The zero-order valence-corrected chi connectivity index (χ0v) is 13.4. The molecule has 0 bridgehead atoms. The maximum atomic E-state index is 11.3. The second-order valence-electron chi connectivity index (χ2n) is 5.80. The molecule has 0 spiro atoms. The molecular formula is C17H24N2O4. The summed E-state index contributed by atoms with van der Waals surface area (Å²) in [6.45, 7) is 4.85. The van der Waals surface area contributed by atoms with Gasteiger partial charge in [0, 0.05) is 25.0 Å². The third-order valence-corrected chi connectivity index (χ3v) is 4.31. The van der Waals surface area contributed by atoms with E-state index in [-0.39, 0.29) is 12.0 Å². The number of amides is 1. The lowest BCUT2D eigenvalue weighted by Crippen LogP contribution is -2.51. The molecule has 1 amide bonds. The summed E-state index contributed by atoms with van der Waals surface area (Å²) in [5.41, 5.74) is 6.26. The van der Waals surface area contributed by atoms with Gasteiger partial charge in [0.1, 0.15) is 0 Å². The number of nitrogens with zero attached hydrogens (tertiary/aromatic N) is 1. The highest BCUT2D eigenvalue weighted by Gasteiger charge is 2.33. The minimum absolute atomic E-state index is 0.0656. The highest BCUT2D eigenvalue weighted by atomic mass is 16.6. The van der Waals surface area contributed by atoms with Crippen molar-refractivity contribution in [1.29, 1.82) is 0 Å². The molecule has 6 heteroatoms. The van der Waals surface area contributed by atoms with Gasteiger partial charge in [-0.15, -0.1) is 0 Å². The summed E-state index contributed by atoms with van der Waals surface area (Å²) >= 11 is 0. The zero-order valence-electron chi connectivity index (χ0n) is 13.4. The number of rotatable bonds is 7. The van der Waals surface area contributed by atoms with Gasteiger partial charge in [-0.05, 0) is 12.0 Å². The van der Waals surface area contributed by atoms with E-state index in [1.165, 1.54) is 5.56 Å². The summed E-state index contributed by atoms with van der Waals surface area (Å²) in [5.74, 6) is -0.168. The number of benzene rings is 1. The molecule has 2 unspecified atom stereocenters. The Balaban J connectivity index is 2.16. The first-order chi connectivity index (χ1) is 11.1. The lowest BCUT2D eigenvalue weighted by atomic mass is 9.89. The van der Waals surface area contributed by atoms with E-state index in [9.17, 15) is 9.59 Å². The minimum atomic E-state index is -0.922. The van der Waals surface area contributed by atoms with Crippen molar-refractivity contribution in [3.05, 3.63) is 35.9 Å². The van der Waals surface area contributed by atoms with Crippen LogP contribution in [0.3, 0.4) is 0 Å². The van der Waals surface area contributed by atoms with Gasteiger partial charge < -0.3 is 15.2 Å². The summed E-state index contributed by atoms with van der Waals surface area (Å²) in [7, 11) is 0. The average Bonchev–Trinajstić information content (AvgIpc) is 2.58. The van der Waals surface area contributed by atoms with E-state index in [0.29, 0.717) is 19.5 Å². The summed E-state index contributed by atoms with van der Waals surface area (Å²) in [6.07, 6.45) is -0.332. The maximum absolute atomic E-state index is 11.3. The van der Waals surface area contributed by atoms with Crippen molar-refractivity contribution in [1.82, 2.24) is 4.90 Å². The van der Waals surface area contributed by atoms with Gasteiger partial charge in [0.05, 0.1) is 13.2 Å². The van der Waals surface area contributed by atoms with Crippen molar-refractivity contribution in [3.63, 3.8) is 0 Å². The van der Waals surface area contributed by atoms with Crippen LogP contribution in [0.4, 0.5) is 4.79 Å². The van der Waals surface area contributed by atoms with Crippen molar-refractivity contribution < 1.29 is 19.1 Å². The molecule has 23 heavy (non-hydrogen) atoms. The molecule has 0 aromatic heterocycles. The molecule has 6 nitrogen and oxygen atoms in total. The molecule has 0 aliphatic carbocycles. The third-order valence-electron chi connectivity index (χ3n) is 4.31. The Morgan fingerprint density at radius 2 is 2.00 bits per heavy atom. The molecular weight excluding hydrogens is 296 g/mol. The van der Waals surface area contributed by atoms with Gasteiger partial charge in [0.2, 0.25) is 0 Å². The molecule has 2 N–H and O–H groups in total. The lowest BCUT2D eigenvalue weighted by molar-refractivity contribution is -0.119. The SMILES string of the molecule is CC(C(Cc1ccccc1)N1CCOCC1)[C@@H](C=O)OC(N)=O. The van der Waals surface area contributed by atoms with Crippen LogP contribution in [0.25, 0.3) is 0 Å². The highest BCUT2D eigenvalue weighted by molar-refractivity contribution is 5.69. The molecule has 1 aromatic rings. The quantitative estimate of drug-likeness (QED) is 0.764. The Bertz CT molecular complexity index is 503. The van der Waals surface area contributed by atoms with Gasteiger partial charge in [0.25, 0.3) is 0 Å². The monoisotopic (exact) mass is 320 g/mol. The van der Waals surface area contributed by atoms with Crippen molar-refractivity contribution >= 4 is 12.4 Å². The molecule has 1 aromatic carbocycles. The van der Waals surface area contributed by atoms with Crippen molar-refractivity contribution in [2.24, 2.45) is 11.7 Å². The number of nitrogens with two attached hydrogens (primary N) is 1. The second kappa shape index (κ2) is 8.64. The van der Waals surface area contributed by atoms with Crippen LogP contribution in [-0.4, -0.2) is 55.7 Å². The number of aldehydes is 1. The van der Waals surface area contributed by atoms with Crippen molar-refractivity contribution in [2.45, 2.75) is 25.5 Å². The van der Waals surface area contributed by atoms with Gasteiger partial charge in [-0.25, -0.2) is 4.79 Å². The summed E-state index contributed by atoms with van der Waals surface area (Å²) in [4.78, 5) is 24.7. The van der Waals surface area contributed by atoms with E-state index in [4.69, 9.17) is 15.2 Å². The van der Waals surface area contributed by atoms with Crippen LogP contribution >= 0.6 is 0 Å². The van der Waals surface area contributed by atoms with Crippen LogP contribution < -0.4 is 5.73 Å². The highest BCUT2D eigenvalue weighted by Crippen LogP contribution is 2.22. The molecule has 2 rings (SSSR count). The number of carbonyl (C=O) groups is 2. The predicted molar refractivity (Wildman–Crippen MR) is 86.0 cm³/mol. The molecule has 1 saturated heterocycles. The fraction of sp³-hybridized carbons (Fsp3) is 0.529. The molecule has 3 atom stereocenters. The molecule has 126 valence electrons. The first-order valence-electron chi connectivity index (χ1n) is 7.89. The minimum Gasteiger partial charge on any atom is -0.438 e. The first-order valence-corrected chi connectivity index (χ1v) is 7.89. The Morgan fingerprint density at radius 1 is 1.35 bits per heavy atom. The van der Waals surface area contributed by atoms with E-state index >= 15 is 0 Å². The van der Waals surface area contributed by atoms with Gasteiger partial charge >= 0.3 is 6.09 Å². The number of ether oxygens (including phenoxy) is 2. The van der Waals surface area contributed by atoms with Crippen LogP contribution in [0.15, 0.2) is 30.3 Å². The largest absolute Gasteiger partial charge is 0.438 e. The number of hydrogen-bond donors (Lipinski definition) is 1. The van der Waals surface area contributed by atoms with Crippen LogP contribution in [-0.2, 0) is 20.7 Å². The van der Waals surface area contributed by atoms with Crippen LogP contribution in [0.5, 0.6) is 0 Å². The Morgan fingerprint density at radius 3 is 2.57 bits per heavy atom. The van der Waals surface area contributed by atoms with Crippen molar-refractivity contribution in [2.75, 3.05) is 26.3 Å². The van der Waals surface area contributed by atoms with E-state index < -0.39 is 12.2 Å². The summed E-state index contributed by atoms with van der Waals surface area (Å²) in [5, 5.41) is 0. The second-order valence-corrected chi connectivity index (χ2v) is 5.80. The van der Waals surface area contributed by atoms with Gasteiger partial charge in [-0.2, -0.15) is 0 Å². The van der Waals surface area contributed by atoms with Crippen LogP contribution in [0.1, 0.15) is 12.5 Å². The van der Waals surface area contributed by atoms with E-state index in [1.54, 1.807) is 0 Å². The van der Waals surface area contributed by atoms with Crippen LogP contribution in [0, 0.1) is 5.92 Å². The number of hydrogen-bond acceptors (Lipinski definition) is 5. The molecule has 1 fully saturated rings. The third kappa shape index (κ3) is 5.04. The Hall–Kier alpha value is -1.92. The first kappa shape index (κ1) is 17.4. The topological polar surface area (TPSA) is 81.9 Å². The van der Waals surface area contributed by atoms with E-state index in [1.807, 2.05) is 25.1 Å². The number of carbonyl (C=O) groups excluding carboxylic acids is 2. The number of primary amides is 1. The zero-order chi connectivity index (χ0) is 16.7.